The van der Waals surface area contributed by atoms with E-state index in [0.717, 1.165) is 18.5 Å². The van der Waals surface area contributed by atoms with Crippen molar-refractivity contribution in [2.75, 3.05) is 7.05 Å². The number of likely N-dealkylation sites (N-methyl/N-ethyl adjacent to an activating group) is 1. The van der Waals surface area contributed by atoms with Crippen LogP contribution in [0.3, 0.4) is 0 Å². The monoisotopic (exact) mass is 225 g/mol. The molecule has 0 aliphatic heterocycles. The highest BCUT2D eigenvalue weighted by Gasteiger charge is 2.16. The van der Waals surface area contributed by atoms with Gasteiger partial charge in [0.15, 0.2) is 0 Å². The average Bonchev–Trinajstić information content (AvgIpc) is 2.30. The molecule has 16 heavy (non-hydrogen) atoms. The number of aliphatic hydroxyl groups excluding tert-OH is 1. The Labute approximate surface area is 96.7 Å². The Morgan fingerprint density at radius 3 is 2.38 bits per heavy atom. The van der Waals surface area contributed by atoms with E-state index in [1.807, 2.05) is 20.9 Å². The van der Waals surface area contributed by atoms with Crippen molar-refractivity contribution in [1.29, 1.82) is 0 Å². The molecule has 0 saturated carbocycles. The smallest absolute Gasteiger partial charge is 0.123 e. The first-order chi connectivity index (χ1) is 7.54. The van der Waals surface area contributed by atoms with Gasteiger partial charge in [-0.15, -0.1) is 0 Å². The fraction of sp³-hybridized carbons (Fsp3) is 0.538. The summed E-state index contributed by atoms with van der Waals surface area (Å²) >= 11 is 0. The van der Waals surface area contributed by atoms with Gasteiger partial charge in [-0.3, -0.25) is 4.90 Å². The number of nitrogens with zero attached hydrogens (tertiary/aromatic N) is 1. The summed E-state index contributed by atoms with van der Waals surface area (Å²) in [6.07, 6.45) is 0.431. The summed E-state index contributed by atoms with van der Waals surface area (Å²) in [6, 6.07) is 6.58. The Balaban J connectivity index is 2.56. The second-order valence-corrected chi connectivity index (χ2v) is 4.26. The van der Waals surface area contributed by atoms with Crippen LogP contribution in [0.25, 0.3) is 0 Å². The molecule has 0 fully saturated rings. The van der Waals surface area contributed by atoms with Gasteiger partial charge in [0.2, 0.25) is 0 Å². The zero-order chi connectivity index (χ0) is 12.1. The molecule has 1 aromatic rings. The van der Waals surface area contributed by atoms with Gasteiger partial charge in [-0.05, 0) is 38.1 Å². The number of aliphatic hydroxyl groups is 1. The highest BCUT2D eigenvalue weighted by Crippen LogP contribution is 2.11. The maximum absolute atomic E-state index is 12.7. The molecule has 1 rings (SSSR count). The van der Waals surface area contributed by atoms with E-state index < -0.39 is 0 Å². The maximum Gasteiger partial charge on any atom is 0.123 e. The van der Waals surface area contributed by atoms with Gasteiger partial charge in [0, 0.05) is 12.6 Å². The first-order valence-corrected chi connectivity index (χ1v) is 5.67. The van der Waals surface area contributed by atoms with E-state index >= 15 is 0 Å². The Hall–Kier alpha value is -0.930. The van der Waals surface area contributed by atoms with Crippen LogP contribution in [-0.2, 0) is 6.54 Å². The van der Waals surface area contributed by atoms with Crippen LogP contribution in [0, 0.1) is 5.82 Å². The molecule has 0 aromatic heterocycles. The lowest BCUT2D eigenvalue weighted by molar-refractivity contribution is 0.0665. The van der Waals surface area contributed by atoms with Crippen LogP contribution in [0.4, 0.5) is 4.39 Å². The number of rotatable bonds is 5. The standard InChI is InChI=1S/C13H20FNO/c1-4-13(16)10(2)15(3)9-11-5-7-12(14)8-6-11/h5-8,10,13,16H,4,9H2,1-3H3. The predicted octanol–water partition coefficient (Wildman–Crippen LogP) is 2.42. The minimum atomic E-state index is -0.314. The number of hydrogen-bond acceptors (Lipinski definition) is 2. The lowest BCUT2D eigenvalue weighted by atomic mass is 10.1. The number of halogens is 1. The molecule has 2 atom stereocenters. The molecule has 2 nitrogen and oxygen atoms in total. The predicted molar refractivity (Wildman–Crippen MR) is 63.6 cm³/mol. The van der Waals surface area contributed by atoms with E-state index in [0.29, 0.717) is 0 Å². The van der Waals surface area contributed by atoms with E-state index in [1.165, 1.54) is 12.1 Å². The molecule has 3 heteroatoms. The van der Waals surface area contributed by atoms with Gasteiger partial charge in [0.25, 0.3) is 0 Å². The van der Waals surface area contributed by atoms with Crippen LogP contribution in [0.5, 0.6) is 0 Å². The van der Waals surface area contributed by atoms with E-state index in [1.54, 1.807) is 12.1 Å². The van der Waals surface area contributed by atoms with Crippen LogP contribution in [0.2, 0.25) is 0 Å². The summed E-state index contributed by atoms with van der Waals surface area (Å²) in [6.45, 7) is 4.68. The van der Waals surface area contributed by atoms with Gasteiger partial charge in [-0.2, -0.15) is 0 Å². The molecule has 2 unspecified atom stereocenters. The minimum Gasteiger partial charge on any atom is -0.392 e. The Morgan fingerprint density at radius 1 is 1.31 bits per heavy atom. The van der Waals surface area contributed by atoms with Gasteiger partial charge in [-0.1, -0.05) is 19.1 Å². The molecule has 0 aliphatic carbocycles. The first kappa shape index (κ1) is 13.1. The second kappa shape index (κ2) is 5.97. The maximum atomic E-state index is 12.7. The fourth-order valence-electron chi connectivity index (χ4n) is 1.66. The first-order valence-electron chi connectivity index (χ1n) is 5.67. The zero-order valence-electron chi connectivity index (χ0n) is 10.2. The van der Waals surface area contributed by atoms with Gasteiger partial charge in [-0.25, -0.2) is 4.39 Å². The largest absolute Gasteiger partial charge is 0.392 e. The lowest BCUT2D eigenvalue weighted by Crippen LogP contribution is -2.38. The Kier molecular flexibility index (Phi) is 4.90. The Bertz CT molecular complexity index is 312. The van der Waals surface area contributed by atoms with Gasteiger partial charge < -0.3 is 5.11 Å². The van der Waals surface area contributed by atoms with Crippen molar-refractivity contribution in [3.05, 3.63) is 35.6 Å². The van der Waals surface area contributed by atoms with E-state index in [-0.39, 0.29) is 18.0 Å². The van der Waals surface area contributed by atoms with E-state index in [2.05, 4.69) is 4.90 Å². The fourth-order valence-corrected chi connectivity index (χ4v) is 1.66. The molecule has 90 valence electrons. The zero-order valence-corrected chi connectivity index (χ0v) is 10.2. The molecule has 0 saturated heterocycles. The lowest BCUT2D eigenvalue weighted by Gasteiger charge is -2.28. The summed E-state index contributed by atoms with van der Waals surface area (Å²) in [7, 11) is 1.97. The van der Waals surface area contributed by atoms with Gasteiger partial charge in [0.1, 0.15) is 5.82 Å². The van der Waals surface area contributed by atoms with Crippen molar-refractivity contribution in [2.45, 2.75) is 39.0 Å². The van der Waals surface area contributed by atoms with Crippen LogP contribution >= 0.6 is 0 Å². The van der Waals surface area contributed by atoms with Crippen molar-refractivity contribution < 1.29 is 9.50 Å². The van der Waals surface area contributed by atoms with Crippen LogP contribution < -0.4 is 0 Å². The molecular formula is C13H20FNO. The molecule has 0 radical (unpaired) electrons. The van der Waals surface area contributed by atoms with E-state index in [9.17, 15) is 9.50 Å². The van der Waals surface area contributed by atoms with Crippen molar-refractivity contribution in [3.8, 4) is 0 Å². The SMILES string of the molecule is CCC(O)C(C)N(C)Cc1ccc(F)cc1. The second-order valence-electron chi connectivity index (χ2n) is 4.26. The van der Waals surface area contributed by atoms with Gasteiger partial charge >= 0.3 is 0 Å². The number of benzene rings is 1. The summed E-state index contributed by atoms with van der Waals surface area (Å²) in [5.74, 6) is -0.215. The highest BCUT2D eigenvalue weighted by atomic mass is 19.1. The number of hydrogen-bond donors (Lipinski definition) is 1. The molecule has 0 amide bonds. The van der Waals surface area contributed by atoms with Gasteiger partial charge in [0.05, 0.1) is 6.10 Å². The summed E-state index contributed by atoms with van der Waals surface area (Å²) in [5, 5.41) is 9.72. The van der Waals surface area contributed by atoms with Crippen LogP contribution in [0.15, 0.2) is 24.3 Å². The normalized spacial score (nSPS) is 15.1. The quantitative estimate of drug-likeness (QED) is 0.832. The molecule has 0 spiro atoms. The van der Waals surface area contributed by atoms with E-state index in [4.69, 9.17) is 0 Å². The summed E-state index contributed by atoms with van der Waals surface area (Å²) in [5.41, 5.74) is 1.05. The molecule has 0 heterocycles. The molecule has 0 bridgehead atoms. The topological polar surface area (TPSA) is 23.5 Å². The van der Waals surface area contributed by atoms with Crippen molar-refractivity contribution >= 4 is 0 Å². The van der Waals surface area contributed by atoms with Crippen molar-refractivity contribution in [3.63, 3.8) is 0 Å². The van der Waals surface area contributed by atoms with Crippen molar-refractivity contribution in [2.24, 2.45) is 0 Å². The molecular weight excluding hydrogens is 205 g/mol. The summed E-state index contributed by atoms with van der Waals surface area (Å²) < 4.78 is 12.7. The van der Waals surface area contributed by atoms with Crippen LogP contribution in [0.1, 0.15) is 25.8 Å². The molecule has 0 aliphatic rings. The third kappa shape index (κ3) is 3.58. The van der Waals surface area contributed by atoms with Crippen LogP contribution in [-0.4, -0.2) is 29.2 Å². The minimum absolute atomic E-state index is 0.107. The van der Waals surface area contributed by atoms with Crippen molar-refractivity contribution in [1.82, 2.24) is 4.90 Å². The summed E-state index contributed by atoms with van der Waals surface area (Å²) in [4.78, 5) is 2.07. The highest BCUT2D eigenvalue weighted by molar-refractivity contribution is 5.15. The Morgan fingerprint density at radius 2 is 1.88 bits per heavy atom. The third-order valence-corrected chi connectivity index (χ3v) is 3.02. The third-order valence-electron chi connectivity index (χ3n) is 3.02. The molecule has 1 N–H and O–H groups in total. The molecule has 1 aromatic carbocycles. The average molecular weight is 225 g/mol.